The van der Waals surface area contributed by atoms with Crippen LogP contribution >= 0.6 is 22.6 Å². The number of fused-ring (bicyclic) bond motifs is 1. The highest BCUT2D eigenvalue weighted by Crippen LogP contribution is 2.36. The average molecular weight is 617 g/mol. The molecule has 1 N–H and O–H groups in total. The van der Waals surface area contributed by atoms with E-state index in [1.54, 1.807) is 46.1 Å². The van der Waals surface area contributed by atoms with Crippen LogP contribution in [0.5, 0.6) is 0 Å². The number of methoxy groups -OCH3 is 1. The van der Waals surface area contributed by atoms with Crippen molar-refractivity contribution in [1.29, 1.82) is 0 Å². The lowest BCUT2D eigenvalue weighted by Gasteiger charge is -2.28. The topological polar surface area (TPSA) is 136 Å². The van der Waals surface area contributed by atoms with Crippen LogP contribution in [0.3, 0.4) is 0 Å². The number of anilines is 1. The van der Waals surface area contributed by atoms with E-state index in [-0.39, 0.29) is 30.9 Å². The molecule has 0 aromatic carbocycles. The fourth-order valence-corrected chi connectivity index (χ4v) is 4.83. The minimum absolute atomic E-state index is 0.00526. The van der Waals surface area contributed by atoms with Gasteiger partial charge in [-0.05, 0) is 76.6 Å². The van der Waals surface area contributed by atoms with Crippen LogP contribution in [0.1, 0.15) is 59.6 Å². The molecule has 3 heterocycles. The Hall–Kier alpha value is -2.68. The number of carbonyl (C=O) groups excluding carboxylic acids is 2. The van der Waals surface area contributed by atoms with Gasteiger partial charge >= 0.3 is 18.3 Å². The fraction of sp³-hybridized carbons (Fsp3) is 0.609. The summed E-state index contributed by atoms with van der Waals surface area (Å²) in [7, 11) is 1.53. The van der Waals surface area contributed by atoms with Gasteiger partial charge in [-0.25, -0.2) is 23.9 Å². The molecule has 0 aliphatic carbocycles. The van der Waals surface area contributed by atoms with E-state index in [2.05, 4.69) is 32.7 Å². The van der Waals surface area contributed by atoms with Crippen molar-refractivity contribution in [2.45, 2.75) is 71.1 Å². The first-order valence-electron chi connectivity index (χ1n) is 11.4. The molecule has 1 saturated heterocycles. The molecule has 1 fully saturated rings. The summed E-state index contributed by atoms with van der Waals surface area (Å²) in [6.07, 6.45) is -1.13. The largest absolute Gasteiger partial charge is 0.465 e. The Labute approximate surface area is 223 Å². The van der Waals surface area contributed by atoms with Crippen molar-refractivity contribution in [3.63, 3.8) is 0 Å². The predicted octanol–water partition coefficient (Wildman–Crippen LogP) is 4.49. The third kappa shape index (κ3) is 6.17. The molecule has 2 aromatic rings. The summed E-state index contributed by atoms with van der Waals surface area (Å²) in [6.45, 7) is 10.7. The minimum Gasteiger partial charge on any atom is -0.465 e. The van der Waals surface area contributed by atoms with Gasteiger partial charge in [-0.2, -0.15) is 10.00 Å². The first-order chi connectivity index (χ1) is 16.6. The van der Waals surface area contributed by atoms with Gasteiger partial charge in [-0.15, -0.1) is 0 Å². The molecule has 0 saturated carbocycles. The second-order valence-corrected chi connectivity index (χ2v) is 11.7. The van der Waals surface area contributed by atoms with Gasteiger partial charge in [-0.1, -0.05) is 0 Å². The van der Waals surface area contributed by atoms with Crippen molar-refractivity contribution >= 4 is 52.2 Å². The maximum Gasteiger partial charge on any atom is 0.425 e. The Bertz CT molecular complexity index is 1130. The molecule has 198 valence electrons. The zero-order valence-electron chi connectivity index (χ0n) is 21.4. The molecular weight excluding hydrogens is 585 g/mol. The van der Waals surface area contributed by atoms with Crippen molar-refractivity contribution in [3.05, 3.63) is 21.7 Å². The van der Waals surface area contributed by atoms with E-state index in [0.29, 0.717) is 15.5 Å². The van der Waals surface area contributed by atoms with Gasteiger partial charge in [0, 0.05) is 28.8 Å². The summed E-state index contributed by atoms with van der Waals surface area (Å²) in [4.78, 5) is 44.5. The van der Waals surface area contributed by atoms with Crippen LogP contribution in [0.2, 0.25) is 0 Å². The van der Waals surface area contributed by atoms with Gasteiger partial charge in [-0.3, -0.25) is 0 Å². The van der Waals surface area contributed by atoms with Crippen molar-refractivity contribution in [2.24, 2.45) is 0 Å². The number of carbonyl (C=O) groups is 3. The molecule has 36 heavy (non-hydrogen) atoms. The minimum atomic E-state index is -1.02. The summed E-state index contributed by atoms with van der Waals surface area (Å²) in [5.41, 5.74) is -0.610. The zero-order chi connectivity index (χ0) is 27.0. The first kappa shape index (κ1) is 27.9. The van der Waals surface area contributed by atoms with Crippen LogP contribution in [-0.4, -0.2) is 80.4 Å². The molecule has 13 heteroatoms. The van der Waals surface area contributed by atoms with Crippen LogP contribution in [-0.2, 0) is 14.2 Å². The maximum atomic E-state index is 13.2. The van der Waals surface area contributed by atoms with Gasteiger partial charge in [0.2, 0.25) is 0 Å². The summed E-state index contributed by atoms with van der Waals surface area (Å²) < 4.78 is 18.5. The predicted molar refractivity (Wildman–Crippen MR) is 138 cm³/mol. The second-order valence-electron chi connectivity index (χ2n) is 10.5. The number of ether oxygens (including phenoxy) is 3. The number of hydrogen-bond acceptors (Lipinski definition) is 8. The Kier molecular flexibility index (Phi) is 8.03. The van der Waals surface area contributed by atoms with E-state index >= 15 is 0 Å². The smallest absolute Gasteiger partial charge is 0.425 e. The quantitative estimate of drug-likeness (QED) is 0.492. The highest BCUT2D eigenvalue weighted by molar-refractivity contribution is 14.1. The number of amides is 3. The molecule has 3 rings (SSSR count). The summed E-state index contributed by atoms with van der Waals surface area (Å²) in [6, 6.07) is 1.55. The lowest BCUT2D eigenvalue weighted by molar-refractivity contribution is 0.0429. The summed E-state index contributed by atoms with van der Waals surface area (Å²) >= 11 is 2.08. The Morgan fingerprint density at radius 1 is 1.14 bits per heavy atom. The van der Waals surface area contributed by atoms with Gasteiger partial charge in [0.05, 0.1) is 12.6 Å². The van der Waals surface area contributed by atoms with Crippen LogP contribution in [0.15, 0.2) is 12.4 Å². The van der Waals surface area contributed by atoms with Crippen LogP contribution in [0, 0.1) is 3.57 Å². The maximum absolute atomic E-state index is 13.2. The molecule has 12 nitrogen and oxygen atoms in total. The van der Waals surface area contributed by atoms with Gasteiger partial charge in [0.15, 0.2) is 5.82 Å². The second kappa shape index (κ2) is 10.4. The fourth-order valence-electron chi connectivity index (χ4n) is 4.04. The number of likely N-dealkylation sites (tertiary alicyclic amines) is 1. The molecule has 2 aromatic heterocycles. The number of halogens is 1. The molecule has 1 aliphatic heterocycles. The highest BCUT2D eigenvalue weighted by Gasteiger charge is 2.39. The molecule has 2 unspecified atom stereocenters. The van der Waals surface area contributed by atoms with E-state index in [4.69, 9.17) is 14.2 Å². The van der Waals surface area contributed by atoms with E-state index in [0.717, 1.165) is 10.6 Å². The molecule has 0 spiro atoms. The standard InChI is InChI=1S/C23H32IN5O7/c1-22(2,3)35-20(32)28(21(33)36-23(4,5)6)18-17-15(24)9-16(29(17)26-12-25-18)13-8-14(11-34-7)27(10-13)19(30)31/h9,12-14H,8,10-11H2,1-7H3,(H,30,31). The summed E-state index contributed by atoms with van der Waals surface area (Å²) in [5, 5.41) is 14.0. The number of hydrogen-bond donors (Lipinski definition) is 1. The van der Waals surface area contributed by atoms with E-state index in [1.807, 2.05) is 6.07 Å². The third-order valence-electron chi connectivity index (χ3n) is 5.32. The molecule has 0 radical (unpaired) electrons. The monoisotopic (exact) mass is 617 g/mol. The SMILES string of the molecule is COCC1CC(c2cc(I)c3c(N(C(=O)OC(C)(C)C)C(=O)OC(C)(C)C)ncnn23)CN1C(=O)O. The highest BCUT2D eigenvalue weighted by atomic mass is 127. The number of imide groups is 1. The van der Waals surface area contributed by atoms with Crippen molar-refractivity contribution in [1.82, 2.24) is 19.5 Å². The number of aromatic nitrogens is 3. The Morgan fingerprint density at radius 3 is 2.22 bits per heavy atom. The number of rotatable bonds is 4. The van der Waals surface area contributed by atoms with Crippen LogP contribution < -0.4 is 4.90 Å². The first-order valence-corrected chi connectivity index (χ1v) is 12.5. The normalized spacial score (nSPS) is 18.4. The van der Waals surface area contributed by atoms with E-state index in [9.17, 15) is 19.5 Å². The Morgan fingerprint density at radius 2 is 1.72 bits per heavy atom. The molecule has 1 aliphatic rings. The van der Waals surface area contributed by atoms with Crippen LogP contribution in [0.25, 0.3) is 5.52 Å². The lowest BCUT2D eigenvalue weighted by atomic mass is 10.0. The summed E-state index contributed by atoms with van der Waals surface area (Å²) in [5.74, 6) is -0.179. The van der Waals surface area contributed by atoms with E-state index < -0.39 is 29.5 Å². The average Bonchev–Trinajstić information content (AvgIpc) is 3.27. The third-order valence-corrected chi connectivity index (χ3v) is 6.14. The van der Waals surface area contributed by atoms with Crippen molar-refractivity contribution in [3.8, 4) is 0 Å². The van der Waals surface area contributed by atoms with Crippen molar-refractivity contribution < 1.29 is 33.7 Å². The van der Waals surface area contributed by atoms with Crippen molar-refractivity contribution in [2.75, 3.05) is 25.2 Å². The van der Waals surface area contributed by atoms with Crippen LogP contribution in [0.4, 0.5) is 20.2 Å². The van der Waals surface area contributed by atoms with E-state index in [1.165, 1.54) is 18.3 Å². The van der Waals surface area contributed by atoms with Gasteiger partial charge in [0.25, 0.3) is 0 Å². The molecule has 2 atom stereocenters. The number of nitrogens with zero attached hydrogens (tertiary/aromatic N) is 5. The molecule has 0 bridgehead atoms. The molecule has 3 amide bonds. The van der Waals surface area contributed by atoms with Gasteiger partial charge < -0.3 is 24.2 Å². The van der Waals surface area contributed by atoms with Gasteiger partial charge in [0.1, 0.15) is 23.0 Å². The Balaban J connectivity index is 2.10. The zero-order valence-corrected chi connectivity index (χ0v) is 23.6. The number of carboxylic acid groups (broad SMARTS) is 1. The molecular formula is C23H32IN5O7. The lowest BCUT2D eigenvalue weighted by Crippen LogP contribution is -2.44.